The predicted octanol–water partition coefficient (Wildman–Crippen LogP) is 0.997. The number of benzene rings is 1. The largest absolute Gasteiger partial charge is 0.481 e. The number of anilines is 1. The van der Waals surface area contributed by atoms with E-state index in [9.17, 15) is 14.4 Å². The fraction of sp³-hybridized carbons (Fsp3) is 0.267. The van der Waals surface area contributed by atoms with E-state index in [1.54, 1.807) is 42.4 Å². The third kappa shape index (κ3) is 3.43. The van der Waals surface area contributed by atoms with Crippen molar-refractivity contribution in [3.63, 3.8) is 0 Å². The van der Waals surface area contributed by atoms with Gasteiger partial charge in [-0.1, -0.05) is 0 Å². The van der Waals surface area contributed by atoms with Crippen LogP contribution in [0.5, 0.6) is 0 Å². The molecule has 1 aromatic heterocycles. The van der Waals surface area contributed by atoms with E-state index in [1.807, 2.05) is 0 Å². The normalized spacial score (nSPS) is 10.6. The van der Waals surface area contributed by atoms with Gasteiger partial charge in [0.1, 0.15) is 6.54 Å². The summed E-state index contributed by atoms with van der Waals surface area (Å²) in [5.41, 5.74) is 0.434. The molecule has 0 radical (unpaired) electrons. The van der Waals surface area contributed by atoms with Gasteiger partial charge in [-0.15, -0.1) is 0 Å². The van der Waals surface area contributed by atoms with Gasteiger partial charge in [0, 0.05) is 30.9 Å². The fourth-order valence-corrected chi connectivity index (χ4v) is 2.20. The van der Waals surface area contributed by atoms with Crippen molar-refractivity contribution in [3.8, 4) is 0 Å². The number of nitrogens with zero attached hydrogens (tertiary/aromatic N) is 2. The highest BCUT2D eigenvalue weighted by molar-refractivity contribution is 5.86. The Bertz CT molecular complexity index is 781. The number of pyridine rings is 1. The maximum Gasteiger partial charge on any atom is 0.323 e. The number of aryl methyl sites for hydroxylation is 1. The lowest BCUT2D eigenvalue weighted by Gasteiger charge is -2.17. The number of hydrogen-bond donors (Lipinski definition) is 2. The first-order valence-electron chi connectivity index (χ1n) is 6.66. The highest BCUT2D eigenvalue weighted by Crippen LogP contribution is 2.19. The van der Waals surface area contributed by atoms with Crippen molar-refractivity contribution in [2.24, 2.45) is 0 Å². The highest BCUT2D eigenvalue weighted by Gasteiger charge is 2.09. The Balaban J connectivity index is 2.36. The Hall–Kier alpha value is -2.83. The number of carbonyl (C=O) groups is 2. The fourth-order valence-electron chi connectivity index (χ4n) is 2.20. The summed E-state index contributed by atoms with van der Waals surface area (Å²) in [6.07, 6.45) is 1.43. The second-order valence-electron chi connectivity index (χ2n) is 4.98. The number of fused-ring (bicyclic) bond motifs is 1. The van der Waals surface area contributed by atoms with Crippen molar-refractivity contribution >= 4 is 28.4 Å². The number of hydrogen-bond acceptors (Lipinski definition) is 4. The molecular weight excluding hydrogens is 288 g/mol. The number of aliphatic carboxylic acids is 2. The van der Waals surface area contributed by atoms with Crippen molar-refractivity contribution in [2.45, 2.75) is 13.0 Å². The van der Waals surface area contributed by atoms with Crippen molar-refractivity contribution in [2.75, 3.05) is 18.5 Å². The molecule has 0 saturated heterocycles. The van der Waals surface area contributed by atoms with Crippen LogP contribution in [-0.2, 0) is 16.1 Å². The first kappa shape index (κ1) is 15.6. The molecule has 0 aliphatic rings. The molecule has 0 fully saturated rings. The van der Waals surface area contributed by atoms with E-state index in [2.05, 4.69) is 0 Å². The lowest BCUT2D eigenvalue weighted by atomic mass is 10.1. The van der Waals surface area contributed by atoms with Crippen LogP contribution in [0, 0.1) is 0 Å². The number of aromatic nitrogens is 1. The summed E-state index contributed by atoms with van der Waals surface area (Å²) in [5.74, 6) is -1.90. The lowest BCUT2D eigenvalue weighted by molar-refractivity contribution is -0.137. The van der Waals surface area contributed by atoms with Gasteiger partial charge in [-0.25, -0.2) is 0 Å². The topological polar surface area (TPSA) is 99.8 Å². The highest BCUT2D eigenvalue weighted by atomic mass is 16.4. The van der Waals surface area contributed by atoms with Gasteiger partial charge in [-0.2, -0.15) is 0 Å². The van der Waals surface area contributed by atoms with E-state index < -0.39 is 11.9 Å². The Morgan fingerprint density at radius 1 is 1.18 bits per heavy atom. The molecule has 7 heteroatoms. The van der Waals surface area contributed by atoms with E-state index in [0.29, 0.717) is 16.5 Å². The van der Waals surface area contributed by atoms with E-state index in [0.717, 1.165) is 0 Å². The summed E-state index contributed by atoms with van der Waals surface area (Å²) < 4.78 is 1.36. The molecule has 0 aliphatic carbocycles. The zero-order chi connectivity index (χ0) is 16.3. The average molecular weight is 304 g/mol. The van der Waals surface area contributed by atoms with Gasteiger partial charge in [0.05, 0.1) is 6.42 Å². The summed E-state index contributed by atoms with van der Waals surface area (Å²) in [7, 11) is 1.66. The van der Waals surface area contributed by atoms with Crippen molar-refractivity contribution in [3.05, 3.63) is 40.8 Å². The van der Waals surface area contributed by atoms with Crippen LogP contribution < -0.4 is 10.5 Å². The Morgan fingerprint density at radius 2 is 1.91 bits per heavy atom. The SMILES string of the molecule is CN(CC(=O)O)c1ccc2c(=O)n(CCC(=O)O)ccc2c1. The van der Waals surface area contributed by atoms with E-state index in [-0.39, 0.29) is 25.1 Å². The molecule has 2 N–H and O–H groups in total. The van der Waals surface area contributed by atoms with Gasteiger partial charge in [-0.05, 0) is 29.7 Å². The minimum absolute atomic E-state index is 0.116. The Morgan fingerprint density at radius 3 is 2.55 bits per heavy atom. The molecule has 0 bridgehead atoms. The summed E-state index contributed by atoms with van der Waals surface area (Å²) in [4.78, 5) is 35.1. The van der Waals surface area contributed by atoms with Gasteiger partial charge in [0.15, 0.2) is 0 Å². The third-order valence-electron chi connectivity index (χ3n) is 3.34. The lowest BCUT2D eigenvalue weighted by Crippen LogP contribution is -2.25. The van der Waals surface area contributed by atoms with Gasteiger partial charge < -0.3 is 19.7 Å². The first-order valence-corrected chi connectivity index (χ1v) is 6.66. The molecular formula is C15H16N2O5. The minimum Gasteiger partial charge on any atom is -0.481 e. The van der Waals surface area contributed by atoms with E-state index >= 15 is 0 Å². The Kier molecular flexibility index (Phi) is 4.45. The van der Waals surface area contributed by atoms with Crippen LogP contribution in [0.3, 0.4) is 0 Å². The number of likely N-dealkylation sites (N-methyl/N-ethyl adjacent to an activating group) is 1. The molecule has 0 spiro atoms. The van der Waals surface area contributed by atoms with Crippen LogP contribution >= 0.6 is 0 Å². The van der Waals surface area contributed by atoms with Crippen LogP contribution in [0.4, 0.5) is 5.69 Å². The van der Waals surface area contributed by atoms with Crippen LogP contribution in [0.25, 0.3) is 10.8 Å². The molecule has 22 heavy (non-hydrogen) atoms. The molecule has 0 saturated carbocycles. The van der Waals surface area contributed by atoms with Crippen LogP contribution in [0.15, 0.2) is 35.3 Å². The maximum atomic E-state index is 12.3. The zero-order valence-electron chi connectivity index (χ0n) is 12.0. The molecule has 2 rings (SSSR count). The summed E-state index contributed by atoms with van der Waals surface area (Å²) in [5, 5.41) is 18.6. The van der Waals surface area contributed by atoms with Crippen LogP contribution in [-0.4, -0.2) is 40.3 Å². The van der Waals surface area contributed by atoms with Gasteiger partial charge in [-0.3, -0.25) is 14.4 Å². The number of carboxylic acids is 2. The van der Waals surface area contributed by atoms with Gasteiger partial charge >= 0.3 is 11.9 Å². The molecule has 0 aliphatic heterocycles. The Labute approximate surface area is 126 Å². The predicted molar refractivity (Wildman–Crippen MR) is 81.4 cm³/mol. The molecule has 0 atom stereocenters. The molecule has 2 aromatic rings. The van der Waals surface area contributed by atoms with Crippen molar-refractivity contribution < 1.29 is 19.8 Å². The maximum absolute atomic E-state index is 12.3. The molecule has 1 heterocycles. The van der Waals surface area contributed by atoms with Gasteiger partial charge in [0.25, 0.3) is 5.56 Å². The van der Waals surface area contributed by atoms with Crippen LogP contribution in [0.2, 0.25) is 0 Å². The average Bonchev–Trinajstić information content (AvgIpc) is 2.45. The zero-order valence-corrected chi connectivity index (χ0v) is 12.0. The summed E-state index contributed by atoms with van der Waals surface area (Å²) >= 11 is 0. The molecule has 1 aromatic carbocycles. The first-order chi connectivity index (χ1) is 10.4. The second kappa shape index (κ2) is 6.30. The smallest absolute Gasteiger partial charge is 0.323 e. The van der Waals surface area contributed by atoms with Crippen molar-refractivity contribution in [1.29, 1.82) is 0 Å². The number of carboxylic acid groups (broad SMARTS) is 2. The summed E-state index contributed by atoms with van der Waals surface area (Å²) in [6, 6.07) is 6.76. The standard InChI is InChI=1S/C15H16N2O5/c1-16(9-14(20)21)11-2-3-12-10(8-11)4-6-17(15(12)22)7-5-13(18)19/h2-4,6,8H,5,7,9H2,1H3,(H,18,19)(H,20,21). The van der Waals surface area contributed by atoms with E-state index in [4.69, 9.17) is 10.2 Å². The third-order valence-corrected chi connectivity index (χ3v) is 3.34. The molecule has 7 nitrogen and oxygen atoms in total. The molecule has 0 unspecified atom stereocenters. The molecule has 116 valence electrons. The number of rotatable bonds is 6. The van der Waals surface area contributed by atoms with Gasteiger partial charge in [0.2, 0.25) is 0 Å². The second-order valence-corrected chi connectivity index (χ2v) is 4.98. The quantitative estimate of drug-likeness (QED) is 0.825. The summed E-state index contributed by atoms with van der Waals surface area (Å²) in [6.45, 7) is -0.0219. The minimum atomic E-state index is -0.961. The van der Waals surface area contributed by atoms with Crippen molar-refractivity contribution in [1.82, 2.24) is 4.57 Å². The monoisotopic (exact) mass is 304 g/mol. The van der Waals surface area contributed by atoms with E-state index in [1.165, 1.54) is 4.57 Å². The molecule has 0 amide bonds. The van der Waals surface area contributed by atoms with Crippen LogP contribution in [0.1, 0.15) is 6.42 Å².